The van der Waals surface area contributed by atoms with Gasteiger partial charge in [0, 0.05) is 30.6 Å². The standard InChI is InChI=1S/C20H21F4N3O/c1-19(7-8-19)11-16(28)25-18-17(12-2-4-14(21)5-3-12)15-10-13(20(22,23)24)6-9-27(15)26-18/h2-5,13H,6-11H2,1H3,(H,25,26,28). The van der Waals surface area contributed by atoms with Gasteiger partial charge in [0.1, 0.15) is 5.82 Å². The molecular formula is C20H21F4N3O. The number of carbonyl (C=O) groups is 1. The molecular weight excluding hydrogens is 374 g/mol. The molecule has 1 aromatic heterocycles. The van der Waals surface area contributed by atoms with Crippen molar-refractivity contribution < 1.29 is 22.4 Å². The number of rotatable bonds is 4. The SMILES string of the molecule is CC1(CC(=O)Nc2nn3c(c2-c2ccc(F)cc2)CC(C(F)(F)F)CC3)CC1. The highest BCUT2D eigenvalue weighted by Gasteiger charge is 2.43. The van der Waals surface area contributed by atoms with Crippen molar-refractivity contribution in [3.8, 4) is 11.1 Å². The Morgan fingerprint density at radius 3 is 2.57 bits per heavy atom. The Hall–Kier alpha value is -2.38. The molecule has 0 radical (unpaired) electrons. The number of benzene rings is 1. The Morgan fingerprint density at radius 2 is 1.96 bits per heavy atom. The number of fused-ring (bicyclic) bond motifs is 1. The second kappa shape index (κ2) is 6.60. The van der Waals surface area contributed by atoms with E-state index in [-0.39, 0.29) is 36.5 Å². The molecule has 8 heteroatoms. The lowest BCUT2D eigenvalue weighted by atomic mass is 9.91. The monoisotopic (exact) mass is 395 g/mol. The van der Waals surface area contributed by atoms with E-state index in [1.807, 2.05) is 6.92 Å². The number of hydrogen-bond donors (Lipinski definition) is 1. The molecule has 1 aliphatic carbocycles. The Labute approximate surface area is 159 Å². The van der Waals surface area contributed by atoms with Crippen molar-refractivity contribution in [3.05, 3.63) is 35.8 Å². The highest BCUT2D eigenvalue weighted by atomic mass is 19.4. The van der Waals surface area contributed by atoms with Crippen LogP contribution in [0.1, 0.15) is 38.3 Å². The molecule has 0 saturated heterocycles. The Balaban J connectivity index is 1.70. The molecule has 1 amide bonds. The highest BCUT2D eigenvalue weighted by molar-refractivity contribution is 5.95. The van der Waals surface area contributed by atoms with Crippen LogP contribution in [0.4, 0.5) is 23.4 Å². The summed E-state index contributed by atoms with van der Waals surface area (Å²) in [7, 11) is 0. The van der Waals surface area contributed by atoms with E-state index in [0.717, 1.165) is 12.8 Å². The number of anilines is 1. The second-order valence-corrected chi connectivity index (χ2v) is 8.17. The van der Waals surface area contributed by atoms with E-state index in [2.05, 4.69) is 10.4 Å². The predicted octanol–water partition coefficient (Wildman–Crippen LogP) is 4.94. The predicted molar refractivity (Wildman–Crippen MR) is 96.1 cm³/mol. The first-order valence-electron chi connectivity index (χ1n) is 9.37. The van der Waals surface area contributed by atoms with Crippen LogP contribution in [-0.2, 0) is 17.8 Å². The summed E-state index contributed by atoms with van der Waals surface area (Å²) in [6.45, 7) is 2.15. The summed E-state index contributed by atoms with van der Waals surface area (Å²) in [4.78, 5) is 12.4. The van der Waals surface area contributed by atoms with Gasteiger partial charge in [0.05, 0.1) is 5.92 Å². The lowest BCUT2D eigenvalue weighted by Crippen LogP contribution is -2.31. The number of aromatic nitrogens is 2. The molecule has 28 heavy (non-hydrogen) atoms. The first kappa shape index (κ1) is 19.0. The van der Waals surface area contributed by atoms with Gasteiger partial charge in [0.25, 0.3) is 0 Å². The van der Waals surface area contributed by atoms with E-state index >= 15 is 0 Å². The average Bonchev–Trinajstić information content (AvgIpc) is 3.22. The maximum atomic E-state index is 13.3. The second-order valence-electron chi connectivity index (χ2n) is 8.17. The molecule has 150 valence electrons. The van der Waals surface area contributed by atoms with Gasteiger partial charge in [0.2, 0.25) is 5.91 Å². The van der Waals surface area contributed by atoms with Crippen molar-refractivity contribution in [2.24, 2.45) is 11.3 Å². The number of halogens is 4. The summed E-state index contributed by atoms with van der Waals surface area (Å²) in [6, 6.07) is 5.51. The maximum Gasteiger partial charge on any atom is 0.392 e. The van der Waals surface area contributed by atoms with Crippen molar-refractivity contribution in [2.75, 3.05) is 5.32 Å². The summed E-state index contributed by atoms with van der Waals surface area (Å²) in [5.74, 6) is -1.85. The van der Waals surface area contributed by atoms with Crippen LogP contribution in [0.5, 0.6) is 0 Å². The lowest BCUT2D eigenvalue weighted by Gasteiger charge is -2.26. The fourth-order valence-corrected chi connectivity index (χ4v) is 3.74. The van der Waals surface area contributed by atoms with Crippen LogP contribution in [-0.4, -0.2) is 21.9 Å². The van der Waals surface area contributed by atoms with E-state index in [1.54, 1.807) is 0 Å². The zero-order valence-corrected chi connectivity index (χ0v) is 15.4. The first-order chi connectivity index (χ1) is 13.1. The van der Waals surface area contributed by atoms with Crippen LogP contribution in [0.3, 0.4) is 0 Å². The van der Waals surface area contributed by atoms with Crippen molar-refractivity contribution in [3.63, 3.8) is 0 Å². The number of carbonyl (C=O) groups excluding carboxylic acids is 1. The van der Waals surface area contributed by atoms with E-state index < -0.39 is 17.9 Å². The summed E-state index contributed by atoms with van der Waals surface area (Å²) in [6.07, 6.45) is -2.23. The van der Waals surface area contributed by atoms with Crippen molar-refractivity contribution in [1.29, 1.82) is 0 Å². The average molecular weight is 395 g/mol. The molecule has 1 atom stereocenters. The van der Waals surface area contributed by atoms with Crippen LogP contribution in [0, 0.1) is 17.2 Å². The third kappa shape index (κ3) is 3.77. The van der Waals surface area contributed by atoms with Gasteiger partial charge in [-0.1, -0.05) is 19.1 Å². The summed E-state index contributed by atoms with van der Waals surface area (Å²) < 4.78 is 54.7. The Bertz CT molecular complexity index is 897. The fourth-order valence-electron chi connectivity index (χ4n) is 3.74. The first-order valence-corrected chi connectivity index (χ1v) is 9.37. The van der Waals surface area contributed by atoms with Gasteiger partial charge in [-0.2, -0.15) is 18.3 Å². The van der Waals surface area contributed by atoms with Crippen LogP contribution in [0.15, 0.2) is 24.3 Å². The molecule has 1 fully saturated rings. The minimum absolute atomic E-state index is 0.000848. The molecule has 1 unspecified atom stereocenters. The van der Waals surface area contributed by atoms with Crippen molar-refractivity contribution >= 4 is 11.7 Å². The topological polar surface area (TPSA) is 46.9 Å². The van der Waals surface area contributed by atoms with Crippen LogP contribution >= 0.6 is 0 Å². The number of hydrogen-bond acceptors (Lipinski definition) is 2. The molecule has 0 bridgehead atoms. The van der Waals surface area contributed by atoms with E-state index in [4.69, 9.17) is 0 Å². The smallest absolute Gasteiger partial charge is 0.309 e. The molecule has 1 aromatic carbocycles. The zero-order chi connectivity index (χ0) is 20.1. The van der Waals surface area contributed by atoms with Crippen molar-refractivity contribution in [1.82, 2.24) is 9.78 Å². The lowest BCUT2D eigenvalue weighted by molar-refractivity contribution is -0.179. The van der Waals surface area contributed by atoms with Gasteiger partial charge in [-0.3, -0.25) is 9.48 Å². The molecule has 1 aliphatic heterocycles. The molecule has 1 N–H and O–H groups in total. The number of nitrogens with zero attached hydrogens (tertiary/aromatic N) is 2. The minimum Gasteiger partial charge on any atom is -0.309 e. The molecule has 0 spiro atoms. The maximum absolute atomic E-state index is 13.3. The van der Waals surface area contributed by atoms with E-state index in [1.165, 1.54) is 28.9 Å². The minimum atomic E-state index is -4.29. The fraction of sp³-hybridized carbons (Fsp3) is 0.500. The van der Waals surface area contributed by atoms with Crippen LogP contribution < -0.4 is 5.32 Å². The van der Waals surface area contributed by atoms with Crippen molar-refractivity contribution in [2.45, 2.75) is 51.7 Å². The van der Waals surface area contributed by atoms with Gasteiger partial charge in [0.15, 0.2) is 5.82 Å². The normalized spacial score (nSPS) is 20.5. The molecule has 1 saturated carbocycles. The summed E-state index contributed by atoms with van der Waals surface area (Å²) in [5.41, 5.74) is 1.41. The zero-order valence-electron chi connectivity index (χ0n) is 15.4. The number of amides is 1. The van der Waals surface area contributed by atoms with Gasteiger partial charge in [-0.25, -0.2) is 4.39 Å². The Morgan fingerprint density at radius 1 is 1.29 bits per heavy atom. The van der Waals surface area contributed by atoms with Crippen LogP contribution in [0.2, 0.25) is 0 Å². The largest absolute Gasteiger partial charge is 0.392 e. The quantitative estimate of drug-likeness (QED) is 0.746. The summed E-state index contributed by atoms with van der Waals surface area (Å²) in [5, 5.41) is 7.17. The van der Waals surface area contributed by atoms with Gasteiger partial charge in [-0.05, 0) is 42.4 Å². The van der Waals surface area contributed by atoms with E-state index in [0.29, 0.717) is 23.2 Å². The highest BCUT2D eigenvalue weighted by Crippen LogP contribution is 2.48. The molecule has 2 aliphatic rings. The number of aryl methyl sites for hydroxylation is 1. The number of nitrogens with one attached hydrogen (secondary N) is 1. The van der Waals surface area contributed by atoms with E-state index in [9.17, 15) is 22.4 Å². The summed E-state index contributed by atoms with van der Waals surface area (Å²) >= 11 is 0. The van der Waals surface area contributed by atoms with Gasteiger partial charge >= 0.3 is 6.18 Å². The number of alkyl halides is 3. The molecule has 4 rings (SSSR count). The molecule has 2 aromatic rings. The molecule has 4 nitrogen and oxygen atoms in total. The molecule has 2 heterocycles. The third-order valence-corrected chi connectivity index (χ3v) is 5.73. The van der Waals surface area contributed by atoms with Gasteiger partial charge < -0.3 is 5.32 Å². The van der Waals surface area contributed by atoms with Gasteiger partial charge in [-0.15, -0.1) is 0 Å². The van der Waals surface area contributed by atoms with Crippen LogP contribution in [0.25, 0.3) is 11.1 Å². The third-order valence-electron chi connectivity index (χ3n) is 5.73. The Kier molecular flexibility index (Phi) is 4.47.